The van der Waals surface area contributed by atoms with E-state index < -0.39 is 0 Å². The summed E-state index contributed by atoms with van der Waals surface area (Å²) in [4.78, 5) is 14.3. The lowest BCUT2D eigenvalue weighted by Crippen LogP contribution is -2.44. The Balaban J connectivity index is 2.17. The smallest absolute Gasteiger partial charge is 0.243 e. The molecule has 0 radical (unpaired) electrons. The number of rotatable bonds is 3. The van der Waals surface area contributed by atoms with E-state index in [0.29, 0.717) is 13.2 Å². The Hall–Kier alpha value is -1.39. The number of hydrogen-bond acceptors (Lipinski definition) is 3. The average molecular weight is 276 g/mol. The van der Waals surface area contributed by atoms with E-state index in [4.69, 9.17) is 4.74 Å². The lowest BCUT2D eigenvalue weighted by atomic mass is 10.1. The van der Waals surface area contributed by atoms with E-state index in [1.54, 1.807) is 0 Å². The van der Waals surface area contributed by atoms with Crippen LogP contribution in [0, 0.1) is 0 Å². The van der Waals surface area contributed by atoms with E-state index in [1.807, 2.05) is 50.8 Å². The number of hydrogen-bond donors (Lipinski definition) is 1. The summed E-state index contributed by atoms with van der Waals surface area (Å²) in [6.07, 6.45) is 0. The van der Waals surface area contributed by atoms with E-state index in [1.165, 1.54) is 0 Å². The molecule has 1 heterocycles. The van der Waals surface area contributed by atoms with Gasteiger partial charge >= 0.3 is 0 Å². The third kappa shape index (κ3) is 3.58. The Morgan fingerprint density at radius 2 is 2.05 bits per heavy atom. The standard InChI is InChI=1S/C16H24N2O2/c1-12-15(19)18(9-10-20-16(2,3)4)14-8-6-5-7-13(14)11-17-12/h5-8,12,17H,9-11H2,1-4H3. The molecular weight excluding hydrogens is 252 g/mol. The molecule has 4 heteroatoms. The van der Waals surface area contributed by atoms with E-state index in [2.05, 4.69) is 11.4 Å². The van der Waals surface area contributed by atoms with Crippen molar-refractivity contribution in [2.75, 3.05) is 18.1 Å². The minimum atomic E-state index is -0.182. The van der Waals surface area contributed by atoms with Gasteiger partial charge in [0.25, 0.3) is 0 Å². The summed E-state index contributed by atoms with van der Waals surface area (Å²) >= 11 is 0. The van der Waals surface area contributed by atoms with Crippen LogP contribution < -0.4 is 10.2 Å². The molecule has 1 aliphatic heterocycles. The molecule has 2 rings (SSSR count). The molecule has 0 saturated heterocycles. The third-order valence-electron chi connectivity index (χ3n) is 3.37. The minimum Gasteiger partial charge on any atom is -0.374 e. The van der Waals surface area contributed by atoms with Gasteiger partial charge < -0.3 is 15.0 Å². The first-order valence-electron chi connectivity index (χ1n) is 7.15. The molecule has 1 unspecified atom stereocenters. The molecule has 0 saturated carbocycles. The van der Waals surface area contributed by atoms with Crippen LogP contribution in [0.1, 0.15) is 33.3 Å². The molecule has 0 aliphatic carbocycles. The maximum atomic E-state index is 12.5. The molecule has 0 aromatic heterocycles. The largest absolute Gasteiger partial charge is 0.374 e. The minimum absolute atomic E-state index is 0.104. The Morgan fingerprint density at radius 1 is 1.35 bits per heavy atom. The van der Waals surface area contributed by atoms with Crippen molar-refractivity contribution in [1.82, 2.24) is 5.32 Å². The predicted molar refractivity (Wildman–Crippen MR) is 80.8 cm³/mol. The molecule has 1 aliphatic rings. The average Bonchev–Trinajstić information content (AvgIpc) is 2.50. The number of fused-ring (bicyclic) bond motifs is 1. The van der Waals surface area contributed by atoms with Crippen LogP contribution in [0.25, 0.3) is 0 Å². The highest BCUT2D eigenvalue weighted by atomic mass is 16.5. The summed E-state index contributed by atoms with van der Waals surface area (Å²) < 4.78 is 5.76. The molecule has 1 N–H and O–H groups in total. The molecular formula is C16H24N2O2. The van der Waals surface area contributed by atoms with Gasteiger partial charge in [-0.3, -0.25) is 4.79 Å². The SMILES string of the molecule is CC1NCc2ccccc2N(CCOC(C)(C)C)C1=O. The van der Waals surface area contributed by atoms with Gasteiger partial charge in [-0.1, -0.05) is 18.2 Å². The first kappa shape index (κ1) is 15.0. The summed E-state index contributed by atoms with van der Waals surface area (Å²) in [6.45, 7) is 9.82. The second-order valence-corrected chi connectivity index (χ2v) is 6.18. The Kier molecular flexibility index (Phi) is 4.45. The molecule has 0 spiro atoms. The van der Waals surface area contributed by atoms with Gasteiger partial charge in [0, 0.05) is 18.8 Å². The van der Waals surface area contributed by atoms with Crippen LogP contribution in [0.5, 0.6) is 0 Å². The molecule has 1 atom stereocenters. The highest BCUT2D eigenvalue weighted by molar-refractivity contribution is 5.98. The van der Waals surface area contributed by atoms with Crippen LogP contribution in [0.4, 0.5) is 5.69 Å². The van der Waals surface area contributed by atoms with Crippen LogP contribution in [0.2, 0.25) is 0 Å². The summed E-state index contributed by atoms with van der Waals surface area (Å²) in [7, 11) is 0. The summed E-state index contributed by atoms with van der Waals surface area (Å²) in [5.74, 6) is 0.104. The van der Waals surface area contributed by atoms with Gasteiger partial charge in [0.2, 0.25) is 5.91 Å². The molecule has 110 valence electrons. The topological polar surface area (TPSA) is 41.6 Å². The second-order valence-electron chi connectivity index (χ2n) is 6.18. The van der Waals surface area contributed by atoms with Crippen molar-refractivity contribution in [3.05, 3.63) is 29.8 Å². The Labute approximate surface area is 121 Å². The zero-order valence-corrected chi connectivity index (χ0v) is 12.8. The fraction of sp³-hybridized carbons (Fsp3) is 0.562. The van der Waals surface area contributed by atoms with Crippen molar-refractivity contribution < 1.29 is 9.53 Å². The van der Waals surface area contributed by atoms with E-state index in [0.717, 1.165) is 17.8 Å². The third-order valence-corrected chi connectivity index (χ3v) is 3.37. The van der Waals surface area contributed by atoms with Crippen LogP contribution in [0.15, 0.2) is 24.3 Å². The first-order chi connectivity index (χ1) is 9.38. The van der Waals surface area contributed by atoms with Crippen LogP contribution in [-0.4, -0.2) is 30.7 Å². The molecule has 20 heavy (non-hydrogen) atoms. The van der Waals surface area contributed by atoms with E-state index >= 15 is 0 Å². The van der Waals surface area contributed by atoms with Gasteiger partial charge in [-0.15, -0.1) is 0 Å². The molecule has 0 fully saturated rings. The van der Waals surface area contributed by atoms with Crippen LogP contribution >= 0.6 is 0 Å². The van der Waals surface area contributed by atoms with Crippen molar-refractivity contribution in [3.8, 4) is 0 Å². The second kappa shape index (κ2) is 5.94. The van der Waals surface area contributed by atoms with Crippen molar-refractivity contribution in [3.63, 3.8) is 0 Å². The van der Waals surface area contributed by atoms with Crippen LogP contribution in [-0.2, 0) is 16.1 Å². The zero-order chi connectivity index (χ0) is 14.8. The Morgan fingerprint density at radius 3 is 2.75 bits per heavy atom. The zero-order valence-electron chi connectivity index (χ0n) is 12.8. The summed E-state index contributed by atoms with van der Waals surface area (Å²) in [6, 6.07) is 7.87. The van der Waals surface area contributed by atoms with Crippen molar-refractivity contribution in [1.29, 1.82) is 0 Å². The number of ether oxygens (including phenoxy) is 1. The number of benzene rings is 1. The lowest BCUT2D eigenvalue weighted by molar-refractivity contribution is -0.120. The highest BCUT2D eigenvalue weighted by Gasteiger charge is 2.27. The molecule has 1 aromatic rings. The van der Waals surface area contributed by atoms with E-state index in [-0.39, 0.29) is 17.6 Å². The number of nitrogens with zero attached hydrogens (tertiary/aromatic N) is 1. The fourth-order valence-corrected chi connectivity index (χ4v) is 2.30. The number of carbonyl (C=O) groups excluding carboxylic acids is 1. The van der Waals surface area contributed by atoms with Crippen molar-refractivity contribution in [2.24, 2.45) is 0 Å². The quantitative estimate of drug-likeness (QED) is 0.921. The Bertz CT molecular complexity index is 480. The van der Waals surface area contributed by atoms with Gasteiger partial charge in [-0.25, -0.2) is 0 Å². The predicted octanol–water partition coefficient (Wildman–Crippen LogP) is 2.33. The van der Waals surface area contributed by atoms with Gasteiger partial charge in [0.05, 0.1) is 18.2 Å². The fourth-order valence-electron chi connectivity index (χ4n) is 2.30. The first-order valence-corrected chi connectivity index (χ1v) is 7.15. The van der Waals surface area contributed by atoms with Gasteiger partial charge in [-0.2, -0.15) is 0 Å². The van der Waals surface area contributed by atoms with Gasteiger partial charge in [0.1, 0.15) is 0 Å². The van der Waals surface area contributed by atoms with Crippen molar-refractivity contribution in [2.45, 2.75) is 45.9 Å². The molecule has 1 aromatic carbocycles. The lowest BCUT2D eigenvalue weighted by Gasteiger charge is -2.27. The maximum Gasteiger partial charge on any atom is 0.243 e. The van der Waals surface area contributed by atoms with Gasteiger partial charge in [-0.05, 0) is 39.3 Å². The number of nitrogens with one attached hydrogen (secondary N) is 1. The molecule has 0 bridgehead atoms. The van der Waals surface area contributed by atoms with Crippen molar-refractivity contribution >= 4 is 11.6 Å². The summed E-state index contributed by atoms with van der Waals surface area (Å²) in [5, 5.41) is 3.26. The highest BCUT2D eigenvalue weighted by Crippen LogP contribution is 2.24. The van der Waals surface area contributed by atoms with Gasteiger partial charge in [0.15, 0.2) is 0 Å². The van der Waals surface area contributed by atoms with Crippen LogP contribution in [0.3, 0.4) is 0 Å². The molecule has 1 amide bonds. The monoisotopic (exact) mass is 276 g/mol. The maximum absolute atomic E-state index is 12.5. The summed E-state index contributed by atoms with van der Waals surface area (Å²) in [5.41, 5.74) is 1.96. The number of anilines is 1. The van der Waals surface area contributed by atoms with E-state index in [9.17, 15) is 4.79 Å². The number of amides is 1. The normalized spacial score (nSPS) is 19.7. The molecule has 4 nitrogen and oxygen atoms in total. The number of para-hydroxylation sites is 1. The number of carbonyl (C=O) groups is 1.